The first-order valence-corrected chi connectivity index (χ1v) is 6.86. The second kappa shape index (κ2) is 4.93. The Bertz CT molecular complexity index is 524. The summed E-state index contributed by atoms with van der Waals surface area (Å²) in [4.78, 5) is 23.8. The molecule has 1 aliphatic rings. The first-order chi connectivity index (χ1) is 9.29. The lowest BCUT2D eigenvalue weighted by molar-refractivity contribution is -0.323. The van der Waals surface area contributed by atoms with Crippen LogP contribution in [0.3, 0.4) is 0 Å². The van der Waals surface area contributed by atoms with Crippen LogP contribution in [0.15, 0.2) is 30.3 Å². The molecule has 1 N–H and O–H groups in total. The van der Waals surface area contributed by atoms with Gasteiger partial charge in [-0.25, -0.2) is 0 Å². The molecule has 4 nitrogen and oxygen atoms in total. The molecule has 0 unspecified atom stereocenters. The first-order valence-electron chi connectivity index (χ1n) is 6.86. The number of benzene rings is 1. The first kappa shape index (κ1) is 14.6. The van der Waals surface area contributed by atoms with E-state index in [4.69, 9.17) is 0 Å². The van der Waals surface area contributed by atoms with Gasteiger partial charge in [-0.15, -0.1) is 0 Å². The van der Waals surface area contributed by atoms with Gasteiger partial charge < -0.3 is 15.2 Å². The molecule has 1 fully saturated rings. The van der Waals surface area contributed by atoms with Crippen LogP contribution < -0.4 is 10.4 Å². The summed E-state index contributed by atoms with van der Waals surface area (Å²) >= 11 is 0. The second-order valence-corrected chi connectivity index (χ2v) is 6.29. The fourth-order valence-electron chi connectivity index (χ4n) is 3.08. The number of hydrogen-bond acceptors (Lipinski definition) is 3. The number of carbonyl (C=O) groups excluding carboxylic acids is 2. The van der Waals surface area contributed by atoms with Crippen molar-refractivity contribution in [3.05, 3.63) is 30.3 Å². The van der Waals surface area contributed by atoms with Crippen molar-refractivity contribution in [3.8, 4) is 0 Å². The molecule has 1 aliphatic carbocycles. The Morgan fingerprint density at radius 2 is 1.80 bits per heavy atom. The van der Waals surface area contributed by atoms with E-state index in [0.717, 1.165) is 5.69 Å². The summed E-state index contributed by atoms with van der Waals surface area (Å²) in [6.45, 7) is 5.36. The van der Waals surface area contributed by atoms with E-state index in [0.29, 0.717) is 12.8 Å². The van der Waals surface area contributed by atoms with Gasteiger partial charge >= 0.3 is 0 Å². The van der Waals surface area contributed by atoms with Crippen LogP contribution >= 0.6 is 0 Å². The van der Waals surface area contributed by atoms with Crippen LogP contribution in [0.25, 0.3) is 0 Å². The van der Waals surface area contributed by atoms with Crippen molar-refractivity contribution in [3.63, 3.8) is 0 Å². The minimum Gasteiger partial charge on any atom is -0.550 e. The van der Waals surface area contributed by atoms with Crippen molar-refractivity contribution in [1.82, 2.24) is 0 Å². The number of hydrogen-bond donors (Lipinski definition) is 1. The van der Waals surface area contributed by atoms with Crippen LogP contribution in [-0.2, 0) is 9.59 Å². The number of para-hydroxylation sites is 1. The van der Waals surface area contributed by atoms with Gasteiger partial charge in [0, 0.05) is 23.0 Å². The van der Waals surface area contributed by atoms with Crippen molar-refractivity contribution in [2.45, 2.75) is 33.6 Å². The number of nitrogens with one attached hydrogen (secondary N) is 1. The average Bonchev–Trinajstić information content (AvgIpc) is 2.63. The maximum Gasteiger partial charge on any atom is 0.228 e. The van der Waals surface area contributed by atoms with Crippen molar-refractivity contribution in [1.29, 1.82) is 0 Å². The van der Waals surface area contributed by atoms with Crippen molar-refractivity contribution >= 4 is 17.6 Å². The summed E-state index contributed by atoms with van der Waals surface area (Å²) in [7, 11) is 0. The van der Waals surface area contributed by atoms with Gasteiger partial charge in [-0.2, -0.15) is 0 Å². The smallest absolute Gasteiger partial charge is 0.228 e. The highest BCUT2D eigenvalue weighted by Crippen LogP contribution is 2.55. The Balaban J connectivity index is 2.18. The summed E-state index contributed by atoms with van der Waals surface area (Å²) < 4.78 is 0. The van der Waals surface area contributed by atoms with Crippen LogP contribution in [0.2, 0.25) is 0 Å². The molecule has 1 aromatic carbocycles. The number of aliphatic carboxylic acids is 1. The number of anilines is 1. The minimum absolute atomic E-state index is 0.119. The molecule has 0 radical (unpaired) electrons. The Morgan fingerprint density at radius 3 is 2.30 bits per heavy atom. The zero-order valence-corrected chi connectivity index (χ0v) is 12.1. The Labute approximate surface area is 119 Å². The highest BCUT2D eigenvalue weighted by molar-refractivity contribution is 5.94. The Hall–Kier alpha value is -1.84. The molecule has 4 heteroatoms. The summed E-state index contributed by atoms with van der Waals surface area (Å²) in [5.74, 6) is -1.52. The lowest BCUT2D eigenvalue weighted by Gasteiger charge is -2.41. The molecule has 1 aromatic rings. The molecule has 0 spiro atoms. The molecule has 0 aliphatic heterocycles. The van der Waals surface area contributed by atoms with Crippen LogP contribution in [-0.4, -0.2) is 11.9 Å². The van der Waals surface area contributed by atoms with Gasteiger partial charge in [0.25, 0.3) is 0 Å². The van der Waals surface area contributed by atoms with Gasteiger partial charge in [-0.05, 0) is 30.4 Å². The van der Waals surface area contributed by atoms with E-state index in [-0.39, 0.29) is 11.8 Å². The van der Waals surface area contributed by atoms with E-state index in [1.807, 2.05) is 44.2 Å². The van der Waals surface area contributed by atoms with Crippen LogP contribution in [0.5, 0.6) is 0 Å². The van der Waals surface area contributed by atoms with E-state index < -0.39 is 16.8 Å². The quantitative estimate of drug-likeness (QED) is 0.914. The third kappa shape index (κ3) is 2.19. The van der Waals surface area contributed by atoms with E-state index in [9.17, 15) is 14.7 Å². The Morgan fingerprint density at radius 1 is 1.20 bits per heavy atom. The van der Waals surface area contributed by atoms with Gasteiger partial charge in [0.1, 0.15) is 0 Å². The largest absolute Gasteiger partial charge is 0.550 e. The fraction of sp³-hybridized carbons (Fsp3) is 0.500. The van der Waals surface area contributed by atoms with Crippen LogP contribution in [0.4, 0.5) is 5.69 Å². The molecule has 20 heavy (non-hydrogen) atoms. The molecule has 0 bridgehead atoms. The van der Waals surface area contributed by atoms with Crippen molar-refractivity contribution in [2.75, 3.05) is 5.32 Å². The number of carbonyl (C=O) groups is 2. The fourth-order valence-corrected chi connectivity index (χ4v) is 3.08. The average molecular weight is 274 g/mol. The standard InChI is InChI=1S/C16H21NO3/c1-15(2)12(9-10-16(15,3)14(19)20)13(18)17-11-7-5-4-6-8-11/h4-8,12H,9-10H2,1-3H3,(H,17,18)(H,19,20)/p-1/t12-,16+/m0/s1. The van der Waals surface area contributed by atoms with Crippen molar-refractivity contribution in [2.24, 2.45) is 16.7 Å². The number of carboxylic acids is 1. The molecular formula is C16H20NO3-. The maximum absolute atomic E-state index is 12.4. The van der Waals surface area contributed by atoms with Crippen LogP contribution in [0.1, 0.15) is 33.6 Å². The molecule has 0 heterocycles. The van der Waals surface area contributed by atoms with Crippen LogP contribution in [0, 0.1) is 16.7 Å². The third-order valence-corrected chi connectivity index (χ3v) is 5.03. The van der Waals surface area contributed by atoms with Gasteiger partial charge in [-0.3, -0.25) is 4.79 Å². The number of rotatable bonds is 3. The Kier molecular flexibility index (Phi) is 3.59. The van der Waals surface area contributed by atoms with E-state index in [1.54, 1.807) is 6.92 Å². The van der Waals surface area contributed by atoms with E-state index in [1.165, 1.54) is 0 Å². The highest BCUT2D eigenvalue weighted by Gasteiger charge is 2.54. The lowest BCUT2D eigenvalue weighted by Crippen LogP contribution is -2.49. The minimum atomic E-state index is -1.07. The highest BCUT2D eigenvalue weighted by atomic mass is 16.4. The van der Waals surface area contributed by atoms with E-state index >= 15 is 0 Å². The molecule has 1 saturated carbocycles. The normalized spacial score (nSPS) is 28.1. The number of amides is 1. The second-order valence-electron chi connectivity index (χ2n) is 6.29. The molecule has 108 valence electrons. The third-order valence-electron chi connectivity index (χ3n) is 5.03. The molecule has 1 amide bonds. The predicted molar refractivity (Wildman–Crippen MR) is 74.7 cm³/mol. The van der Waals surface area contributed by atoms with Gasteiger partial charge in [0.05, 0.1) is 0 Å². The topological polar surface area (TPSA) is 69.2 Å². The summed E-state index contributed by atoms with van der Waals surface area (Å²) in [6.07, 6.45) is 1.03. The monoisotopic (exact) mass is 274 g/mol. The molecule has 0 saturated heterocycles. The van der Waals surface area contributed by atoms with Crippen molar-refractivity contribution < 1.29 is 14.7 Å². The van der Waals surface area contributed by atoms with E-state index in [2.05, 4.69) is 5.32 Å². The lowest BCUT2D eigenvalue weighted by atomic mass is 9.65. The van der Waals surface area contributed by atoms with Gasteiger partial charge in [-0.1, -0.05) is 39.0 Å². The van der Waals surface area contributed by atoms with Gasteiger partial charge in [0.2, 0.25) is 5.91 Å². The zero-order valence-electron chi connectivity index (χ0n) is 12.1. The van der Waals surface area contributed by atoms with Gasteiger partial charge in [0.15, 0.2) is 0 Å². The molecular weight excluding hydrogens is 254 g/mol. The summed E-state index contributed by atoms with van der Waals surface area (Å²) in [5, 5.41) is 14.3. The summed E-state index contributed by atoms with van der Waals surface area (Å²) in [6, 6.07) is 9.21. The molecule has 0 aromatic heterocycles. The summed E-state index contributed by atoms with van der Waals surface area (Å²) in [5.41, 5.74) is -0.869. The number of carboxylic acid groups (broad SMARTS) is 1. The molecule has 2 atom stereocenters. The predicted octanol–water partition coefficient (Wildman–Crippen LogP) is 1.82. The molecule has 2 rings (SSSR count). The maximum atomic E-state index is 12.4. The SMILES string of the molecule is CC1(C)[C@H](C(=O)Nc2ccccc2)CC[C@]1(C)C(=O)[O-]. The zero-order chi connectivity index (χ0) is 15.0.